The topological polar surface area (TPSA) is 136 Å². The zero-order chi connectivity index (χ0) is 15.1. The molecule has 1 aliphatic carbocycles. The summed E-state index contributed by atoms with van der Waals surface area (Å²) < 4.78 is 0.639. The molecule has 0 aliphatic heterocycles. The van der Waals surface area contributed by atoms with Crippen LogP contribution in [-0.4, -0.2) is 37.1 Å². The van der Waals surface area contributed by atoms with Crippen LogP contribution in [0.5, 0.6) is 0 Å². The number of aliphatic carboxylic acids is 2. The Kier molecular flexibility index (Phi) is 5.45. The van der Waals surface area contributed by atoms with Crippen LogP contribution >= 0.6 is 0 Å². The second-order valence-electron chi connectivity index (χ2n) is 4.12. The van der Waals surface area contributed by atoms with E-state index in [0.29, 0.717) is 17.6 Å². The number of nitrogens with one attached hydrogen (secondary N) is 1. The molecule has 8 nitrogen and oxygen atoms in total. The molecule has 0 amide bonds. The van der Waals surface area contributed by atoms with Crippen molar-refractivity contribution in [2.24, 2.45) is 11.8 Å². The molecule has 1 aliphatic rings. The highest BCUT2D eigenvalue weighted by Crippen LogP contribution is 2.25. The fraction of sp³-hybridized carbons (Fsp3) is 0.333. The van der Waals surface area contributed by atoms with Crippen molar-refractivity contribution in [3.63, 3.8) is 0 Å². The molecule has 2 atom stereocenters. The van der Waals surface area contributed by atoms with Crippen molar-refractivity contribution >= 4 is 11.9 Å². The van der Waals surface area contributed by atoms with Gasteiger partial charge >= 0.3 is 11.9 Å². The van der Waals surface area contributed by atoms with Crippen LogP contribution in [0.1, 0.15) is 12.8 Å². The highest BCUT2D eigenvalue weighted by Gasteiger charge is 2.33. The molecule has 108 valence electrons. The summed E-state index contributed by atoms with van der Waals surface area (Å²) in [6, 6.07) is 1.54. The molecule has 1 aromatic rings. The Morgan fingerprint density at radius 2 is 1.70 bits per heavy atom. The van der Waals surface area contributed by atoms with Crippen molar-refractivity contribution in [2.75, 3.05) is 0 Å². The molecule has 0 saturated heterocycles. The van der Waals surface area contributed by atoms with E-state index in [1.54, 1.807) is 12.2 Å². The van der Waals surface area contributed by atoms with Crippen molar-refractivity contribution in [1.82, 2.24) is 9.71 Å². The van der Waals surface area contributed by atoms with Crippen molar-refractivity contribution in [3.05, 3.63) is 36.2 Å². The van der Waals surface area contributed by atoms with E-state index in [1.807, 2.05) is 0 Å². The van der Waals surface area contributed by atoms with E-state index in [2.05, 4.69) is 4.98 Å². The fourth-order valence-electron chi connectivity index (χ4n) is 1.72. The summed E-state index contributed by atoms with van der Waals surface area (Å²) in [5, 5.41) is 32.7. The summed E-state index contributed by atoms with van der Waals surface area (Å²) in [6.07, 6.45) is 6.87. The lowest BCUT2D eigenvalue weighted by molar-refractivity contribution is -0.153. The largest absolute Gasteiger partial charge is 0.481 e. The van der Waals surface area contributed by atoms with Gasteiger partial charge < -0.3 is 15.4 Å². The Morgan fingerprint density at radius 3 is 2.00 bits per heavy atom. The molecule has 1 heterocycles. The van der Waals surface area contributed by atoms with Crippen LogP contribution in [0.2, 0.25) is 0 Å². The highest BCUT2D eigenvalue weighted by molar-refractivity contribution is 5.80. The first kappa shape index (κ1) is 15.4. The number of hydrogen-bond donors (Lipinski definition) is 4. The Bertz CT molecular complexity index is 542. The Balaban J connectivity index is 0.000000217. The minimum atomic E-state index is -1.02. The summed E-state index contributed by atoms with van der Waals surface area (Å²) in [5.74, 6) is -3.56. The lowest BCUT2D eigenvalue weighted by atomic mass is 9.83. The number of hydrogen-bond acceptors (Lipinski definition) is 5. The van der Waals surface area contributed by atoms with Gasteiger partial charge in [0.1, 0.15) is 0 Å². The molecule has 0 fully saturated rings. The summed E-state index contributed by atoms with van der Waals surface area (Å²) in [7, 11) is 0. The third-order valence-electron chi connectivity index (χ3n) is 2.79. The number of allylic oxidation sites excluding steroid dienone is 2. The molecule has 0 spiro atoms. The van der Waals surface area contributed by atoms with Crippen LogP contribution in [0.15, 0.2) is 30.6 Å². The van der Waals surface area contributed by atoms with Gasteiger partial charge in [-0.25, -0.2) is 4.98 Å². The van der Waals surface area contributed by atoms with Gasteiger partial charge in [-0.1, -0.05) is 12.2 Å². The molecule has 1 aromatic heterocycles. The van der Waals surface area contributed by atoms with E-state index in [9.17, 15) is 9.59 Å². The average Bonchev–Trinajstić information content (AvgIpc) is 2.43. The minimum absolute atomic E-state index is 0.160. The monoisotopic (exact) mass is 281 g/mol. The normalized spacial score (nSPS) is 20.6. The zero-order valence-corrected chi connectivity index (χ0v) is 10.5. The van der Waals surface area contributed by atoms with Crippen LogP contribution in [0.4, 0.5) is 0 Å². The maximum absolute atomic E-state index is 10.6. The highest BCUT2D eigenvalue weighted by atomic mass is 16.5. The Hall–Kier alpha value is -2.64. The van der Waals surface area contributed by atoms with Crippen LogP contribution in [0, 0.1) is 17.2 Å². The quantitative estimate of drug-likeness (QED) is 0.455. The molecule has 2 rings (SSSR count). The van der Waals surface area contributed by atoms with Crippen LogP contribution in [-0.2, 0) is 9.59 Å². The van der Waals surface area contributed by atoms with Gasteiger partial charge in [-0.2, -0.15) is 4.73 Å². The van der Waals surface area contributed by atoms with Gasteiger partial charge in [0.2, 0.25) is 0 Å². The lowest BCUT2D eigenvalue weighted by Gasteiger charge is -2.20. The van der Waals surface area contributed by atoms with E-state index in [4.69, 9.17) is 20.8 Å². The van der Waals surface area contributed by atoms with Crippen molar-refractivity contribution < 1.29 is 25.0 Å². The molecule has 0 radical (unpaired) electrons. The molecular formula is C12H15N3O5. The first-order valence-electron chi connectivity index (χ1n) is 5.81. The van der Waals surface area contributed by atoms with Gasteiger partial charge in [0.15, 0.2) is 0 Å². The Labute approximate surface area is 114 Å². The molecular weight excluding hydrogens is 266 g/mol. The third-order valence-corrected chi connectivity index (χ3v) is 2.79. The number of aromatic nitrogens is 2. The van der Waals surface area contributed by atoms with Crippen molar-refractivity contribution in [1.29, 1.82) is 5.41 Å². The van der Waals surface area contributed by atoms with E-state index in [1.165, 1.54) is 18.5 Å². The van der Waals surface area contributed by atoms with Gasteiger partial charge in [-0.05, 0) is 18.9 Å². The molecule has 0 bridgehead atoms. The number of nitrogens with zero attached hydrogens (tertiary/aromatic N) is 2. The number of carboxylic acid groups (broad SMARTS) is 2. The van der Waals surface area contributed by atoms with Gasteiger partial charge in [0.25, 0.3) is 5.62 Å². The van der Waals surface area contributed by atoms with Crippen molar-refractivity contribution in [2.45, 2.75) is 12.8 Å². The number of carboxylic acids is 2. The summed E-state index contributed by atoms with van der Waals surface area (Å²) in [5.41, 5.74) is -0.160. The first-order valence-corrected chi connectivity index (χ1v) is 5.81. The first-order chi connectivity index (χ1) is 9.43. The molecule has 20 heavy (non-hydrogen) atoms. The second-order valence-corrected chi connectivity index (χ2v) is 4.12. The predicted molar refractivity (Wildman–Crippen MR) is 65.9 cm³/mol. The maximum Gasteiger partial charge on any atom is 0.307 e. The van der Waals surface area contributed by atoms with E-state index >= 15 is 0 Å². The molecule has 0 aromatic carbocycles. The lowest BCUT2D eigenvalue weighted by Crippen LogP contribution is -2.30. The SMILES string of the molecule is N=c1ncccn1O.O=C(O)C1CC=CCC1C(=O)O. The van der Waals surface area contributed by atoms with Crippen LogP contribution < -0.4 is 5.62 Å². The van der Waals surface area contributed by atoms with E-state index in [-0.39, 0.29) is 5.62 Å². The fourth-order valence-corrected chi connectivity index (χ4v) is 1.72. The third kappa shape index (κ3) is 4.23. The summed E-state index contributed by atoms with van der Waals surface area (Å²) in [6.45, 7) is 0. The van der Waals surface area contributed by atoms with Gasteiger partial charge in [0.05, 0.1) is 11.8 Å². The Morgan fingerprint density at radius 1 is 1.20 bits per heavy atom. The molecule has 4 N–H and O–H groups in total. The zero-order valence-electron chi connectivity index (χ0n) is 10.5. The van der Waals surface area contributed by atoms with Crippen LogP contribution in [0.3, 0.4) is 0 Å². The number of carbonyl (C=O) groups is 2. The van der Waals surface area contributed by atoms with Gasteiger partial charge in [-0.15, -0.1) is 0 Å². The predicted octanol–water partition coefficient (Wildman–Crippen LogP) is 0.338. The van der Waals surface area contributed by atoms with Crippen molar-refractivity contribution in [3.8, 4) is 0 Å². The van der Waals surface area contributed by atoms with E-state index < -0.39 is 23.8 Å². The van der Waals surface area contributed by atoms with E-state index in [0.717, 1.165) is 0 Å². The number of rotatable bonds is 2. The van der Waals surface area contributed by atoms with Gasteiger partial charge in [-0.3, -0.25) is 15.0 Å². The summed E-state index contributed by atoms with van der Waals surface area (Å²) >= 11 is 0. The minimum Gasteiger partial charge on any atom is -0.481 e. The van der Waals surface area contributed by atoms with Crippen LogP contribution in [0.25, 0.3) is 0 Å². The maximum atomic E-state index is 10.6. The smallest absolute Gasteiger partial charge is 0.307 e. The van der Waals surface area contributed by atoms with Gasteiger partial charge in [0, 0.05) is 12.4 Å². The summed E-state index contributed by atoms with van der Waals surface area (Å²) in [4.78, 5) is 24.6. The molecule has 8 heteroatoms. The molecule has 2 unspecified atom stereocenters. The molecule has 0 saturated carbocycles. The standard InChI is InChI=1S/C8H10O4.C4H5N3O/c9-7(10)5-3-1-2-4-6(5)8(11)12;5-4-6-2-1-3-7(4)8/h1-2,5-6H,3-4H2,(H,9,10)(H,11,12);1-3,5,8H. The second kappa shape index (κ2) is 7.07. The average molecular weight is 281 g/mol.